The molecule has 0 aliphatic heterocycles. The number of carbonyl (C=O) groups is 1. The van der Waals surface area contributed by atoms with Crippen molar-refractivity contribution in [3.63, 3.8) is 0 Å². The maximum atomic E-state index is 13.0. The summed E-state index contributed by atoms with van der Waals surface area (Å²) in [5.41, 5.74) is 0. The van der Waals surface area contributed by atoms with Crippen LogP contribution in [-0.2, 0) is 18.4 Å². The van der Waals surface area contributed by atoms with Gasteiger partial charge in [0.2, 0.25) is 5.91 Å². The fourth-order valence-corrected chi connectivity index (χ4v) is 11.0. The summed E-state index contributed by atoms with van der Waals surface area (Å²) in [5, 5.41) is 13.9. The molecular formula is C75H137N2O6P. The van der Waals surface area contributed by atoms with E-state index < -0.39 is 26.6 Å². The van der Waals surface area contributed by atoms with E-state index in [4.69, 9.17) is 9.05 Å². The van der Waals surface area contributed by atoms with Gasteiger partial charge in [-0.15, -0.1) is 0 Å². The predicted molar refractivity (Wildman–Crippen MR) is 366 cm³/mol. The molecule has 3 atom stereocenters. The molecule has 0 heterocycles. The topological polar surface area (TPSA) is 108 Å². The Labute approximate surface area is 521 Å². The molecule has 488 valence electrons. The van der Waals surface area contributed by atoms with Crippen LogP contribution in [0.15, 0.2) is 97.2 Å². The molecule has 2 N–H and O–H groups in total. The molecule has 1 amide bonds. The number of phosphoric ester groups is 1. The lowest BCUT2D eigenvalue weighted by Crippen LogP contribution is -2.45. The third kappa shape index (κ3) is 66.9. The van der Waals surface area contributed by atoms with Crippen molar-refractivity contribution < 1.29 is 32.9 Å². The molecular weight excluding hydrogens is 1060 g/mol. The Kier molecular flexibility index (Phi) is 62.9. The van der Waals surface area contributed by atoms with Crippen molar-refractivity contribution in [2.24, 2.45) is 0 Å². The molecule has 9 heteroatoms. The fraction of sp³-hybridized carbons (Fsp3) is 0.773. The molecule has 0 fully saturated rings. The summed E-state index contributed by atoms with van der Waals surface area (Å²) in [6, 6.07) is -0.914. The molecule has 0 saturated carbocycles. The first-order valence-corrected chi connectivity index (χ1v) is 37.1. The third-order valence-corrected chi connectivity index (χ3v) is 16.7. The van der Waals surface area contributed by atoms with Gasteiger partial charge in [-0.3, -0.25) is 9.36 Å². The first kappa shape index (κ1) is 81.4. The lowest BCUT2D eigenvalue weighted by Gasteiger charge is -2.29. The molecule has 3 unspecified atom stereocenters. The Hall–Kier alpha value is -2.58. The number of allylic oxidation sites excluding steroid dienone is 15. The van der Waals surface area contributed by atoms with Crippen LogP contribution in [-0.4, -0.2) is 68.5 Å². The quantitative estimate of drug-likeness (QED) is 0.0272. The van der Waals surface area contributed by atoms with E-state index in [1.165, 1.54) is 225 Å². The number of hydrogen-bond acceptors (Lipinski definition) is 6. The van der Waals surface area contributed by atoms with Crippen LogP contribution in [0.3, 0.4) is 0 Å². The summed E-state index contributed by atoms with van der Waals surface area (Å²) in [7, 11) is 1.24. The van der Waals surface area contributed by atoms with Gasteiger partial charge in [-0.05, 0) is 89.9 Å². The second-order valence-corrected chi connectivity index (χ2v) is 26.6. The molecule has 0 aliphatic rings. The maximum Gasteiger partial charge on any atom is 0.268 e. The van der Waals surface area contributed by atoms with Crippen LogP contribution in [0, 0.1) is 0 Å². The highest BCUT2D eigenvalue weighted by Gasteiger charge is 2.23. The number of amides is 1. The van der Waals surface area contributed by atoms with Gasteiger partial charge in [0.05, 0.1) is 39.9 Å². The van der Waals surface area contributed by atoms with Crippen molar-refractivity contribution in [3.8, 4) is 0 Å². The van der Waals surface area contributed by atoms with E-state index in [0.717, 1.165) is 77.0 Å². The lowest BCUT2D eigenvalue weighted by atomic mass is 10.0. The number of carbonyl (C=O) groups excluding carboxylic acids is 1. The molecule has 0 aromatic heterocycles. The van der Waals surface area contributed by atoms with Gasteiger partial charge in [0.1, 0.15) is 13.2 Å². The van der Waals surface area contributed by atoms with E-state index in [1.54, 1.807) is 6.08 Å². The zero-order chi connectivity index (χ0) is 61.2. The number of phosphoric acid groups is 1. The minimum atomic E-state index is -4.62. The first-order chi connectivity index (χ1) is 41.0. The monoisotopic (exact) mass is 1190 g/mol. The number of likely N-dealkylation sites (N-methyl/N-ethyl adjacent to an activating group) is 1. The van der Waals surface area contributed by atoms with E-state index in [2.05, 4.69) is 104 Å². The number of quaternary nitrogens is 1. The van der Waals surface area contributed by atoms with E-state index in [0.29, 0.717) is 17.4 Å². The van der Waals surface area contributed by atoms with E-state index in [-0.39, 0.29) is 12.5 Å². The van der Waals surface area contributed by atoms with Gasteiger partial charge in [-0.1, -0.05) is 323 Å². The van der Waals surface area contributed by atoms with Gasteiger partial charge >= 0.3 is 0 Å². The molecule has 0 spiro atoms. The largest absolute Gasteiger partial charge is 0.756 e. The van der Waals surface area contributed by atoms with Gasteiger partial charge in [0, 0.05) is 6.42 Å². The molecule has 0 aromatic carbocycles. The molecule has 0 aromatic rings. The zero-order valence-electron chi connectivity index (χ0n) is 55.8. The first-order valence-electron chi connectivity index (χ1n) is 35.6. The number of unbranched alkanes of at least 4 members (excludes halogenated alkanes) is 38. The minimum absolute atomic E-state index is 0.0105. The van der Waals surface area contributed by atoms with Gasteiger partial charge in [-0.2, -0.15) is 0 Å². The number of nitrogens with one attached hydrogen (secondary N) is 1. The average molecular weight is 1190 g/mol. The second kappa shape index (κ2) is 64.9. The summed E-state index contributed by atoms with van der Waals surface area (Å²) in [6.07, 6.45) is 94.0. The summed E-state index contributed by atoms with van der Waals surface area (Å²) in [5.74, 6) is -0.208. The average Bonchev–Trinajstić information content (AvgIpc) is 3.56. The zero-order valence-corrected chi connectivity index (χ0v) is 56.7. The molecule has 0 bridgehead atoms. The predicted octanol–water partition coefficient (Wildman–Crippen LogP) is 22.3. The molecule has 0 radical (unpaired) electrons. The van der Waals surface area contributed by atoms with Crippen LogP contribution in [0.1, 0.15) is 322 Å². The van der Waals surface area contributed by atoms with E-state index in [9.17, 15) is 19.4 Å². The molecule has 0 saturated heterocycles. The molecule has 8 nitrogen and oxygen atoms in total. The molecule has 0 aliphatic carbocycles. The summed E-state index contributed by atoms with van der Waals surface area (Å²) in [6.45, 7) is 4.54. The van der Waals surface area contributed by atoms with Crippen LogP contribution in [0.5, 0.6) is 0 Å². The van der Waals surface area contributed by atoms with Crippen molar-refractivity contribution in [3.05, 3.63) is 97.2 Å². The smallest absolute Gasteiger partial charge is 0.268 e. The molecule has 0 rings (SSSR count). The second-order valence-electron chi connectivity index (χ2n) is 25.2. The van der Waals surface area contributed by atoms with E-state index in [1.807, 2.05) is 27.2 Å². The summed E-state index contributed by atoms with van der Waals surface area (Å²) < 4.78 is 23.4. The number of nitrogens with zero attached hydrogens (tertiary/aromatic N) is 1. The fourth-order valence-electron chi connectivity index (χ4n) is 10.3. The van der Waals surface area contributed by atoms with Crippen LogP contribution >= 0.6 is 7.82 Å². The van der Waals surface area contributed by atoms with E-state index >= 15 is 0 Å². The van der Waals surface area contributed by atoms with Gasteiger partial charge in [-0.25, -0.2) is 0 Å². The molecule has 84 heavy (non-hydrogen) atoms. The maximum absolute atomic E-state index is 13.0. The summed E-state index contributed by atoms with van der Waals surface area (Å²) >= 11 is 0. The van der Waals surface area contributed by atoms with Crippen molar-refractivity contribution in [2.75, 3.05) is 40.9 Å². The van der Waals surface area contributed by atoms with Crippen molar-refractivity contribution >= 4 is 13.7 Å². The Morgan fingerprint density at radius 2 is 0.738 bits per heavy atom. The number of rotatable bonds is 65. The lowest BCUT2D eigenvalue weighted by molar-refractivity contribution is -0.870. The Balaban J connectivity index is 4.06. The van der Waals surface area contributed by atoms with Gasteiger partial charge in [0.25, 0.3) is 7.82 Å². The van der Waals surface area contributed by atoms with Crippen molar-refractivity contribution in [1.29, 1.82) is 0 Å². The Bertz CT molecular complexity index is 1690. The third-order valence-electron chi connectivity index (χ3n) is 15.8. The Morgan fingerprint density at radius 3 is 1.11 bits per heavy atom. The number of hydrogen-bond donors (Lipinski definition) is 2. The summed E-state index contributed by atoms with van der Waals surface area (Å²) in [4.78, 5) is 25.6. The number of aliphatic hydroxyl groups is 1. The Morgan fingerprint density at radius 1 is 0.429 bits per heavy atom. The standard InChI is InChI=1S/C75H137N2O6P/c1-6-8-10-12-14-16-18-20-22-24-26-28-30-32-33-34-35-36-37-38-39-40-41-42-43-45-47-49-51-53-55-57-59-61-63-65-67-69-75(79)76-73(72-83-84(80,81)82-71-70-77(3,4)5)74(78)68-66-64-62-60-58-56-54-52-50-48-46-44-31-29-27-25-23-21-19-17-15-13-11-9-7-2/h8,10,14,16,20,22,26,28,32-33,50,52,58,60,66,68,73-74,78H,6-7,9,11-13,15,17-19,21,23-25,27,29-31,34-49,51,53-57,59,61-65,67,69-72H2,1-5H3,(H-,76,79,80,81)/b10-8-,16-14-,22-20-,28-26-,33-32-,52-50+,60-58+,68-66+. The normalized spacial score (nSPS) is 14.2. The minimum Gasteiger partial charge on any atom is -0.756 e. The SMILES string of the molecule is CC/C=C\C/C=C\C/C=C\C/C=C\C/C=C\CCCCCCCCCCCCCCCCCCCCCCCC(=O)NC(COP(=O)([O-])OCC[N+](C)(C)C)C(O)/C=C/CC/C=C/CC/C=C/CCCCCCCCCCCCCCCCC. The van der Waals surface area contributed by atoms with Crippen LogP contribution in [0.25, 0.3) is 0 Å². The highest BCUT2D eigenvalue weighted by atomic mass is 31.2. The van der Waals surface area contributed by atoms with Crippen molar-refractivity contribution in [2.45, 2.75) is 334 Å². The van der Waals surface area contributed by atoms with Gasteiger partial charge in [0.15, 0.2) is 0 Å². The van der Waals surface area contributed by atoms with Gasteiger partial charge < -0.3 is 28.8 Å². The number of aliphatic hydroxyl groups excluding tert-OH is 1. The van der Waals surface area contributed by atoms with Crippen LogP contribution in [0.2, 0.25) is 0 Å². The van der Waals surface area contributed by atoms with Crippen LogP contribution in [0.4, 0.5) is 0 Å². The highest BCUT2D eigenvalue weighted by molar-refractivity contribution is 7.45. The van der Waals surface area contributed by atoms with Crippen molar-refractivity contribution in [1.82, 2.24) is 5.32 Å². The highest BCUT2D eigenvalue weighted by Crippen LogP contribution is 2.38. The van der Waals surface area contributed by atoms with Crippen LogP contribution < -0.4 is 10.2 Å².